The second-order valence-electron chi connectivity index (χ2n) is 11.7. The Labute approximate surface area is 225 Å². The molecule has 1 aliphatic heterocycles. The summed E-state index contributed by atoms with van der Waals surface area (Å²) in [5.74, 6) is -12.1. The number of rotatable bonds is 4. The lowest BCUT2D eigenvalue weighted by Gasteiger charge is -2.52. The minimum Gasteiger partial charge on any atom is -0.507 e. The van der Waals surface area contributed by atoms with E-state index in [1.165, 1.54) is 25.1 Å². The second-order valence-corrected chi connectivity index (χ2v) is 11.7. The highest BCUT2D eigenvalue weighted by Gasteiger charge is 2.69. The van der Waals surface area contributed by atoms with Crippen molar-refractivity contribution < 1.29 is 38.6 Å². The molecule has 0 spiro atoms. The minimum atomic E-state index is -2.79. The predicted octanol–water partition coefficient (Wildman–Crippen LogP) is 0.382. The van der Waals surface area contributed by atoms with Gasteiger partial charge < -0.3 is 15.9 Å². The van der Waals surface area contributed by atoms with Gasteiger partial charge in [-0.25, -0.2) is 4.39 Å². The maximum absolute atomic E-state index is 15.9. The summed E-state index contributed by atoms with van der Waals surface area (Å²) in [6, 6.07) is 0.0248. The van der Waals surface area contributed by atoms with Crippen LogP contribution in [0.15, 0.2) is 6.07 Å². The van der Waals surface area contributed by atoms with Crippen LogP contribution in [0.1, 0.15) is 53.6 Å². The largest absolute Gasteiger partial charge is 0.507 e. The highest BCUT2D eigenvalue weighted by Crippen LogP contribution is 2.51. The van der Waals surface area contributed by atoms with Crippen LogP contribution in [-0.4, -0.2) is 87.9 Å². The number of aromatic hydroxyl groups is 1. The standard InChI is InChI=1S/C28H34FN3O7/c1-31(2)22-16-10-13-9-15-19(17(33)11-14(21(15)29)12-32-7-5-3-4-6-8-32)23(34)18(13)25(36)28(16,39)26(37)20(24(22)35)27(30)38/h11,13,16,18,20,22,33,39H,3-10,12H2,1-2H3,(H2,30,38)/t13-,16-,18?,20?,22-,28-/m0/s1. The summed E-state index contributed by atoms with van der Waals surface area (Å²) >= 11 is 0. The lowest BCUT2D eigenvalue weighted by molar-refractivity contribution is -0.181. The summed E-state index contributed by atoms with van der Waals surface area (Å²) in [5.41, 5.74) is 2.47. The molecule has 0 aromatic heterocycles. The first-order valence-electron chi connectivity index (χ1n) is 13.5. The van der Waals surface area contributed by atoms with Crippen molar-refractivity contribution in [3.63, 3.8) is 0 Å². The highest BCUT2D eigenvalue weighted by molar-refractivity contribution is 6.32. The molecule has 3 aliphatic carbocycles. The van der Waals surface area contributed by atoms with E-state index in [4.69, 9.17) is 5.73 Å². The number of amides is 1. The van der Waals surface area contributed by atoms with Gasteiger partial charge in [-0.15, -0.1) is 0 Å². The summed E-state index contributed by atoms with van der Waals surface area (Å²) in [5, 5.41) is 22.4. The quantitative estimate of drug-likeness (QED) is 0.457. The van der Waals surface area contributed by atoms with Crippen molar-refractivity contribution in [1.29, 1.82) is 0 Å². The molecular formula is C28H34FN3O7. The fraction of sp³-hybridized carbons (Fsp3) is 0.607. The zero-order valence-corrected chi connectivity index (χ0v) is 22.1. The van der Waals surface area contributed by atoms with Crippen LogP contribution in [-0.2, 0) is 32.1 Å². The lowest BCUT2D eigenvalue weighted by atomic mass is 9.52. The van der Waals surface area contributed by atoms with Gasteiger partial charge in [0, 0.05) is 23.6 Å². The number of likely N-dealkylation sites (tertiary alicyclic amines) is 1. The smallest absolute Gasteiger partial charge is 0.235 e. The zero-order valence-electron chi connectivity index (χ0n) is 22.1. The summed E-state index contributed by atoms with van der Waals surface area (Å²) < 4.78 is 15.9. The van der Waals surface area contributed by atoms with Crippen molar-refractivity contribution in [2.75, 3.05) is 27.2 Å². The highest BCUT2D eigenvalue weighted by atomic mass is 19.1. The molecule has 2 saturated carbocycles. The SMILES string of the molecule is CN(C)[C@@H]1C(=O)C(C(N)=O)C(=O)[C@@]2(O)C(=O)C3C(=O)c4c(O)cc(CN5CCCCCC5)c(F)c4C[C@H]3C[C@@H]12. The fourth-order valence-corrected chi connectivity index (χ4v) is 7.36. The molecule has 1 heterocycles. The van der Waals surface area contributed by atoms with Crippen LogP contribution in [0.5, 0.6) is 5.75 Å². The number of nitrogens with two attached hydrogens (primary N) is 1. The van der Waals surface area contributed by atoms with Crippen molar-refractivity contribution in [1.82, 2.24) is 9.80 Å². The van der Waals surface area contributed by atoms with Crippen LogP contribution in [0.25, 0.3) is 0 Å². The Kier molecular flexibility index (Phi) is 6.97. The molecule has 4 N–H and O–H groups in total. The maximum Gasteiger partial charge on any atom is 0.235 e. The number of aliphatic hydroxyl groups is 1. The first kappa shape index (κ1) is 27.5. The van der Waals surface area contributed by atoms with Gasteiger partial charge in [0.1, 0.15) is 11.6 Å². The van der Waals surface area contributed by atoms with Crippen LogP contribution in [0.3, 0.4) is 0 Å². The van der Waals surface area contributed by atoms with Gasteiger partial charge in [-0.05, 0) is 64.9 Å². The molecule has 1 aromatic carbocycles. The van der Waals surface area contributed by atoms with Crippen molar-refractivity contribution >= 4 is 29.0 Å². The van der Waals surface area contributed by atoms with Gasteiger partial charge in [0.05, 0.1) is 17.5 Å². The summed E-state index contributed by atoms with van der Waals surface area (Å²) in [7, 11) is 3.03. The number of nitrogens with zero attached hydrogens (tertiary/aromatic N) is 2. The number of fused-ring (bicyclic) bond motifs is 3. The van der Waals surface area contributed by atoms with Gasteiger partial charge in [0.15, 0.2) is 34.7 Å². The van der Waals surface area contributed by atoms with E-state index in [9.17, 15) is 34.2 Å². The van der Waals surface area contributed by atoms with Crippen LogP contribution < -0.4 is 5.73 Å². The van der Waals surface area contributed by atoms with E-state index in [1.54, 1.807) is 0 Å². The molecule has 5 rings (SSSR count). The topological polar surface area (TPSA) is 158 Å². The number of carbonyl (C=O) groups excluding carboxylic acids is 5. The monoisotopic (exact) mass is 543 g/mol. The number of primary amides is 1. The van der Waals surface area contributed by atoms with Gasteiger partial charge in [0.2, 0.25) is 5.91 Å². The Morgan fingerprint density at radius 2 is 1.77 bits per heavy atom. The Bertz CT molecular complexity index is 1270. The molecule has 1 saturated heterocycles. The number of ketones is 4. The lowest BCUT2D eigenvalue weighted by Crippen LogP contribution is -2.74. The molecule has 39 heavy (non-hydrogen) atoms. The molecule has 0 radical (unpaired) electrons. The van der Waals surface area contributed by atoms with Crippen molar-refractivity contribution in [2.45, 2.75) is 56.7 Å². The molecule has 0 bridgehead atoms. The Morgan fingerprint density at radius 3 is 2.36 bits per heavy atom. The molecule has 210 valence electrons. The number of benzene rings is 1. The molecule has 1 aromatic rings. The van der Waals surface area contributed by atoms with E-state index in [0.29, 0.717) is 0 Å². The number of Topliss-reactive ketones (excluding diaryl/α,β-unsaturated/α-hetero) is 4. The number of phenolic OH excluding ortho intramolecular Hbond substituents is 1. The Balaban J connectivity index is 1.55. The van der Waals surface area contributed by atoms with Crippen LogP contribution >= 0.6 is 0 Å². The van der Waals surface area contributed by atoms with Crippen LogP contribution in [0, 0.1) is 29.5 Å². The van der Waals surface area contributed by atoms with Gasteiger partial charge >= 0.3 is 0 Å². The van der Waals surface area contributed by atoms with Crippen molar-refractivity contribution in [2.24, 2.45) is 29.4 Å². The van der Waals surface area contributed by atoms with Crippen molar-refractivity contribution in [3.8, 4) is 5.75 Å². The first-order chi connectivity index (χ1) is 18.4. The van der Waals surface area contributed by atoms with Crippen LogP contribution in [0.4, 0.5) is 4.39 Å². The van der Waals surface area contributed by atoms with Crippen LogP contribution in [0.2, 0.25) is 0 Å². The zero-order chi connectivity index (χ0) is 28.4. The molecule has 3 fully saturated rings. The molecular weight excluding hydrogens is 509 g/mol. The average Bonchev–Trinajstić information content (AvgIpc) is 3.12. The molecule has 6 atom stereocenters. The predicted molar refractivity (Wildman–Crippen MR) is 135 cm³/mol. The molecule has 1 amide bonds. The molecule has 11 heteroatoms. The number of likely N-dealkylation sites (N-methyl/N-ethyl adjacent to an activating group) is 1. The van der Waals surface area contributed by atoms with Gasteiger partial charge in [-0.1, -0.05) is 12.8 Å². The third-order valence-electron chi connectivity index (χ3n) is 9.16. The Hall–Kier alpha value is -3.02. The van der Waals surface area contributed by atoms with Gasteiger partial charge in [0.25, 0.3) is 0 Å². The second kappa shape index (κ2) is 9.87. The normalized spacial score (nSPS) is 33.4. The van der Waals surface area contributed by atoms with E-state index in [1.807, 2.05) is 0 Å². The first-order valence-corrected chi connectivity index (χ1v) is 13.5. The maximum atomic E-state index is 15.9. The average molecular weight is 544 g/mol. The van der Waals surface area contributed by atoms with E-state index in [0.717, 1.165) is 38.8 Å². The number of phenols is 1. The third kappa shape index (κ3) is 4.13. The number of carbonyl (C=O) groups is 5. The Morgan fingerprint density at radius 1 is 1.13 bits per heavy atom. The van der Waals surface area contributed by atoms with Crippen molar-refractivity contribution in [3.05, 3.63) is 28.6 Å². The number of halogens is 1. The molecule has 10 nitrogen and oxygen atoms in total. The molecule has 2 unspecified atom stereocenters. The minimum absolute atomic E-state index is 0.00851. The van der Waals surface area contributed by atoms with E-state index in [-0.39, 0.29) is 36.1 Å². The van der Waals surface area contributed by atoms with E-state index < -0.39 is 75.9 Å². The summed E-state index contributed by atoms with van der Waals surface area (Å²) in [6.45, 7) is 1.88. The van der Waals surface area contributed by atoms with E-state index >= 15 is 4.39 Å². The third-order valence-corrected chi connectivity index (χ3v) is 9.16. The summed E-state index contributed by atoms with van der Waals surface area (Å²) in [4.78, 5) is 69.5. The van der Waals surface area contributed by atoms with Gasteiger partial charge in [-0.3, -0.25) is 33.8 Å². The fourth-order valence-electron chi connectivity index (χ4n) is 7.36. The number of hydrogen-bond donors (Lipinski definition) is 3. The summed E-state index contributed by atoms with van der Waals surface area (Å²) in [6.07, 6.45) is 4.00. The molecule has 4 aliphatic rings. The number of hydrogen-bond acceptors (Lipinski definition) is 9. The van der Waals surface area contributed by atoms with E-state index in [2.05, 4.69) is 4.90 Å². The van der Waals surface area contributed by atoms with Gasteiger partial charge in [-0.2, -0.15) is 0 Å².